The lowest BCUT2D eigenvalue weighted by atomic mass is 9.93. The molecule has 0 aliphatic rings. The monoisotopic (exact) mass is 203 g/mol. The van der Waals surface area contributed by atoms with E-state index in [9.17, 15) is 0 Å². The molecular weight excluding hydrogens is 182 g/mol. The Hall–Kier alpha value is -1.11. The van der Waals surface area contributed by atoms with Gasteiger partial charge in [0.1, 0.15) is 0 Å². The Labute approximate surface area is 93.2 Å². The summed E-state index contributed by atoms with van der Waals surface area (Å²) in [4.78, 5) is 4.52. The molecule has 1 aromatic carbocycles. The predicted octanol–water partition coefficient (Wildman–Crippen LogP) is 4.66. The van der Waals surface area contributed by atoms with Gasteiger partial charge < -0.3 is 0 Å². The standard InChI is InChI=1S/C14H21N/c1-6-15-14-12(10(2)3)8-7-9-13(14)11(4)5/h6-11H,1-5H3. The topological polar surface area (TPSA) is 12.4 Å². The Bertz CT molecular complexity index is 322. The lowest BCUT2D eigenvalue weighted by molar-refractivity contribution is 0.835. The molecule has 0 amide bonds. The van der Waals surface area contributed by atoms with Crippen LogP contribution in [0, 0.1) is 0 Å². The van der Waals surface area contributed by atoms with Crippen molar-refractivity contribution in [1.82, 2.24) is 0 Å². The Balaban J connectivity index is 3.34. The molecule has 0 unspecified atom stereocenters. The Morgan fingerprint density at radius 2 is 1.47 bits per heavy atom. The molecule has 0 N–H and O–H groups in total. The van der Waals surface area contributed by atoms with Crippen molar-refractivity contribution >= 4 is 11.9 Å². The van der Waals surface area contributed by atoms with Gasteiger partial charge in [-0.2, -0.15) is 0 Å². The summed E-state index contributed by atoms with van der Waals surface area (Å²) in [6.07, 6.45) is 1.88. The smallest absolute Gasteiger partial charge is 0.0694 e. The van der Waals surface area contributed by atoms with E-state index in [2.05, 4.69) is 50.9 Å². The highest BCUT2D eigenvalue weighted by Crippen LogP contribution is 2.34. The number of rotatable bonds is 3. The van der Waals surface area contributed by atoms with E-state index in [1.807, 2.05) is 13.1 Å². The van der Waals surface area contributed by atoms with Crippen molar-refractivity contribution in [2.45, 2.75) is 46.5 Å². The molecule has 0 heterocycles. The van der Waals surface area contributed by atoms with Gasteiger partial charge in [-0.1, -0.05) is 45.9 Å². The molecule has 0 aliphatic carbocycles. The number of hydrogen-bond acceptors (Lipinski definition) is 1. The van der Waals surface area contributed by atoms with E-state index in [0.29, 0.717) is 11.8 Å². The van der Waals surface area contributed by atoms with E-state index in [-0.39, 0.29) is 0 Å². The zero-order valence-corrected chi connectivity index (χ0v) is 10.4. The first-order valence-electron chi connectivity index (χ1n) is 5.69. The maximum Gasteiger partial charge on any atom is 0.0694 e. The highest BCUT2D eigenvalue weighted by atomic mass is 14.7. The normalized spacial score (nSPS) is 11.9. The Morgan fingerprint density at radius 3 is 1.80 bits per heavy atom. The first kappa shape index (κ1) is 12.0. The van der Waals surface area contributed by atoms with Crippen molar-refractivity contribution in [2.24, 2.45) is 4.99 Å². The minimum atomic E-state index is 0.530. The number of benzene rings is 1. The van der Waals surface area contributed by atoms with Gasteiger partial charge in [0.25, 0.3) is 0 Å². The number of hydrogen-bond donors (Lipinski definition) is 0. The fraction of sp³-hybridized carbons (Fsp3) is 0.500. The highest BCUT2D eigenvalue weighted by molar-refractivity contribution is 5.66. The number of nitrogens with zero attached hydrogens (tertiary/aromatic N) is 1. The molecule has 1 heteroatoms. The van der Waals surface area contributed by atoms with E-state index in [1.54, 1.807) is 0 Å². The van der Waals surface area contributed by atoms with Gasteiger partial charge in [-0.25, -0.2) is 0 Å². The minimum Gasteiger partial charge on any atom is -0.261 e. The minimum absolute atomic E-state index is 0.530. The molecule has 1 rings (SSSR count). The molecule has 0 aliphatic heterocycles. The van der Waals surface area contributed by atoms with Crippen molar-refractivity contribution in [3.05, 3.63) is 29.3 Å². The fourth-order valence-electron chi connectivity index (χ4n) is 1.79. The van der Waals surface area contributed by atoms with Gasteiger partial charge in [0, 0.05) is 6.21 Å². The van der Waals surface area contributed by atoms with Crippen LogP contribution in [-0.4, -0.2) is 6.21 Å². The van der Waals surface area contributed by atoms with Crippen LogP contribution < -0.4 is 0 Å². The molecule has 1 nitrogen and oxygen atoms in total. The molecular formula is C14H21N. The molecule has 1 aromatic rings. The SMILES string of the molecule is CC=Nc1c(C(C)C)cccc1C(C)C. The van der Waals surface area contributed by atoms with Crippen LogP contribution in [0.1, 0.15) is 57.6 Å². The second-order valence-electron chi connectivity index (χ2n) is 4.48. The summed E-state index contributed by atoms with van der Waals surface area (Å²) in [5.74, 6) is 1.06. The first-order chi connectivity index (χ1) is 7.07. The van der Waals surface area contributed by atoms with Gasteiger partial charge in [0.05, 0.1) is 5.69 Å². The van der Waals surface area contributed by atoms with E-state index in [1.165, 1.54) is 16.8 Å². The lowest BCUT2D eigenvalue weighted by Crippen LogP contribution is -1.95. The summed E-state index contributed by atoms with van der Waals surface area (Å²) >= 11 is 0. The summed E-state index contributed by atoms with van der Waals surface area (Å²) in [5.41, 5.74) is 3.86. The van der Waals surface area contributed by atoms with Crippen LogP contribution in [0.2, 0.25) is 0 Å². The number of para-hydroxylation sites is 1. The second-order valence-corrected chi connectivity index (χ2v) is 4.48. The molecule has 82 valence electrons. The van der Waals surface area contributed by atoms with E-state index in [4.69, 9.17) is 0 Å². The molecule has 0 spiro atoms. The van der Waals surface area contributed by atoms with E-state index < -0.39 is 0 Å². The number of aliphatic imine (C=N–C) groups is 1. The molecule has 0 aromatic heterocycles. The maximum absolute atomic E-state index is 4.52. The van der Waals surface area contributed by atoms with Crippen LogP contribution in [0.5, 0.6) is 0 Å². The molecule has 0 saturated carbocycles. The quantitative estimate of drug-likeness (QED) is 0.634. The van der Waals surface area contributed by atoms with Gasteiger partial charge in [-0.3, -0.25) is 4.99 Å². The van der Waals surface area contributed by atoms with Crippen molar-refractivity contribution in [3.63, 3.8) is 0 Å². The van der Waals surface area contributed by atoms with Gasteiger partial charge in [0.2, 0.25) is 0 Å². The van der Waals surface area contributed by atoms with Crippen LogP contribution in [0.3, 0.4) is 0 Å². The zero-order valence-electron chi connectivity index (χ0n) is 10.4. The lowest BCUT2D eigenvalue weighted by Gasteiger charge is -2.15. The third-order valence-corrected chi connectivity index (χ3v) is 2.60. The summed E-state index contributed by atoms with van der Waals surface area (Å²) in [6.45, 7) is 10.8. The zero-order chi connectivity index (χ0) is 11.4. The molecule has 0 bridgehead atoms. The largest absolute Gasteiger partial charge is 0.261 e. The van der Waals surface area contributed by atoms with Gasteiger partial charge in [-0.05, 0) is 29.9 Å². The molecule has 0 radical (unpaired) electrons. The summed E-state index contributed by atoms with van der Waals surface area (Å²) in [6, 6.07) is 6.50. The second kappa shape index (κ2) is 5.11. The molecule has 15 heavy (non-hydrogen) atoms. The van der Waals surface area contributed by atoms with Crippen LogP contribution in [0.4, 0.5) is 5.69 Å². The molecule has 0 atom stereocenters. The summed E-state index contributed by atoms with van der Waals surface area (Å²) in [5, 5.41) is 0. The molecule has 0 saturated heterocycles. The van der Waals surface area contributed by atoms with Gasteiger partial charge in [0.15, 0.2) is 0 Å². The average molecular weight is 203 g/mol. The fourth-order valence-corrected chi connectivity index (χ4v) is 1.79. The van der Waals surface area contributed by atoms with Crippen LogP contribution >= 0.6 is 0 Å². The molecule has 0 fully saturated rings. The predicted molar refractivity (Wildman–Crippen MR) is 68.4 cm³/mol. The van der Waals surface area contributed by atoms with Gasteiger partial charge in [-0.15, -0.1) is 0 Å². The van der Waals surface area contributed by atoms with E-state index in [0.717, 1.165) is 0 Å². The van der Waals surface area contributed by atoms with Crippen molar-refractivity contribution < 1.29 is 0 Å². The Kier molecular flexibility index (Phi) is 4.07. The third kappa shape index (κ3) is 2.68. The summed E-state index contributed by atoms with van der Waals surface area (Å²) in [7, 11) is 0. The third-order valence-electron chi connectivity index (χ3n) is 2.60. The van der Waals surface area contributed by atoms with Crippen molar-refractivity contribution in [1.29, 1.82) is 0 Å². The van der Waals surface area contributed by atoms with Gasteiger partial charge >= 0.3 is 0 Å². The maximum atomic E-state index is 4.52. The Morgan fingerprint density at radius 1 is 1.00 bits per heavy atom. The first-order valence-corrected chi connectivity index (χ1v) is 5.69. The van der Waals surface area contributed by atoms with Crippen LogP contribution in [0.15, 0.2) is 23.2 Å². The summed E-state index contributed by atoms with van der Waals surface area (Å²) < 4.78 is 0. The average Bonchev–Trinajstić information content (AvgIpc) is 2.17. The van der Waals surface area contributed by atoms with Crippen molar-refractivity contribution in [3.8, 4) is 0 Å². The van der Waals surface area contributed by atoms with Crippen LogP contribution in [-0.2, 0) is 0 Å². The highest BCUT2D eigenvalue weighted by Gasteiger charge is 2.11. The van der Waals surface area contributed by atoms with Crippen molar-refractivity contribution in [2.75, 3.05) is 0 Å². The van der Waals surface area contributed by atoms with E-state index >= 15 is 0 Å². The van der Waals surface area contributed by atoms with Crippen LogP contribution in [0.25, 0.3) is 0 Å².